The van der Waals surface area contributed by atoms with Gasteiger partial charge in [-0.3, -0.25) is 18.6 Å². The van der Waals surface area contributed by atoms with Crippen LogP contribution in [0.3, 0.4) is 0 Å². The summed E-state index contributed by atoms with van der Waals surface area (Å²) in [7, 11) is -5.16. The molecule has 0 amide bonds. The summed E-state index contributed by atoms with van der Waals surface area (Å²) in [6, 6.07) is 0. The predicted molar refractivity (Wildman–Crippen MR) is 250 cm³/mol. The lowest BCUT2D eigenvalue weighted by atomic mass is 9.85. The van der Waals surface area contributed by atoms with Crippen molar-refractivity contribution in [2.45, 2.75) is 185 Å². The highest BCUT2D eigenvalue weighted by molar-refractivity contribution is 7.47. The molecule has 1 saturated carbocycles. The molecule has 0 heterocycles. The molecule has 1 aliphatic rings. The van der Waals surface area contributed by atoms with E-state index in [4.69, 9.17) is 18.5 Å². The van der Waals surface area contributed by atoms with Crippen LogP contribution >= 0.6 is 7.82 Å². The van der Waals surface area contributed by atoms with E-state index in [0.717, 1.165) is 83.5 Å². The zero-order chi connectivity index (χ0) is 47.3. The lowest BCUT2D eigenvalue weighted by molar-refractivity contribution is -0.220. The summed E-state index contributed by atoms with van der Waals surface area (Å²) in [4.78, 5) is 35.7. The van der Waals surface area contributed by atoms with Gasteiger partial charge in [0, 0.05) is 12.8 Å². The Morgan fingerprint density at radius 1 is 0.562 bits per heavy atom. The van der Waals surface area contributed by atoms with Gasteiger partial charge in [0.2, 0.25) is 0 Å². The van der Waals surface area contributed by atoms with Crippen molar-refractivity contribution in [3.63, 3.8) is 0 Å². The SMILES string of the molecule is CC/C=C\C/C=C\C/C=C\C/C=C\C/C=C\CCCCCC(=O)OC[C@H](COP(=O)(O)OC1[C@H](O)[C@H](O)C(O)[C@H](O)[C@H]1O)OC(=O)CCCCCCCC(O)/C=C/C=C/C/C=C/CC. The zero-order valence-electron chi connectivity index (χ0n) is 38.1. The number of ether oxygens (including phenoxy) is 2. The fraction of sp³-hybridized carbons (Fsp3) is 0.633. The standard InChI is InChI=1S/C49H79O14P/c1-3-5-7-9-11-12-13-14-15-16-17-18-19-20-21-22-24-28-32-36-42(51)60-38-41(39-61-64(58,59)63-49-47(56)45(54)44(53)46(55)48(49)57)62-43(52)37-33-29-25-27-31-35-40(50)34-30-26-23-10-8-6-4-2/h5-8,11-12,14-15,17-18,20-21,23,26,30,34,40-41,44-50,53-57H,3-4,9-10,13,16,19,22,24-25,27-29,31-33,35-39H2,1-2H3,(H,58,59)/b7-5-,8-6+,12-11-,15-14-,18-17-,21-20-,26-23+,34-30+/t40?,41-,44?,45-,46+,47-,48-,49?/m1/s1. The van der Waals surface area contributed by atoms with Crippen LogP contribution in [0.15, 0.2) is 97.2 Å². The van der Waals surface area contributed by atoms with Gasteiger partial charge in [-0.1, -0.05) is 143 Å². The first-order valence-electron chi connectivity index (χ1n) is 23.1. The van der Waals surface area contributed by atoms with Crippen LogP contribution in [0.2, 0.25) is 0 Å². The van der Waals surface area contributed by atoms with Crippen LogP contribution in [0.25, 0.3) is 0 Å². The monoisotopic (exact) mass is 923 g/mol. The predicted octanol–water partition coefficient (Wildman–Crippen LogP) is 8.02. The molecule has 0 radical (unpaired) electrons. The average molecular weight is 923 g/mol. The largest absolute Gasteiger partial charge is 0.472 e. The normalized spacial score (nSPS) is 23.0. The van der Waals surface area contributed by atoms with Crippen molar-refractivity contribution in [2.75, 3.05) is 13.2 Å². The molecule has 0 aromatic heterocycles. The average Bonchev–Trinajstić information content (AvgIpc) is 3.27. The maximum Gasteiger partial charge on any atom is 0.472 e. The fourth-order valence-electron chi connectivity index (χ4n) is 6.32. The zero-order valence-corrected chi connectivity index (χ0v) is 39.0. The number of hydrogen-bond donors (Lipinski definition) is 7. The van der Waals surface area contributed by atoms with E-state index in [1.54, 1.807) is 6.08 Å². The topological polar surface area (TPSA) is 230 Å². The van der Waals surface area contributed by atoms with Crippen LogP contribution in [0.5, 0.6) is 0 Å². The van der Waals surface area contributed by atoms with Crippen LogP contribution in [0.1, 0.15) is 136 Å². The van der Waals surface area contributed by atoms with E-state index in [1.807, 2.05) is 18.2 Å². The number of rotatable bonds is 36. The Morgan fingerprint density at radius 3 is 1.61 bits per heavy atom. The summed E-state index contributed by atoms with van der Waals surface area (Å²) < 4.78 is 33.4. The van der Waals surface area contributed by atoms with E-state index in [1.165, 1.54) is 0 Å². The second kappa shape index (κ2) is 37.9. The number of aliphatic hydroxyl groups is 6. The summed E-state index contributed by atoms with van der Waals surface area (Å²) in [5.41, 5.74) is 0. The number of aliphatic hydroxyl groups excluding tert-OH is 6. The molecule has 0 saturated heterocycles. The highest BCUT2D eigenvalue weighted by Crippen LogP contribution is 2.47. The molecule has 0 bridgehead atoms. The quantitative estimate of drug-likeness (QED) is 0.0104. The molecule has 9 atom stereocenters. The molecule has 64 heavy (non-hydrogen) atoms. The van der Waals surface area contributed by atoms with Gasteiger partial charge >= 0.3 is 19.8 Å². The number of carbonyl (C=O) groups excluding carboxylic acids is 2. The molecule has 0 aromatic carbocycles. The maximum absolute atomic E-state index is 12.8. The Bertz CT molecular complexity index is 1500. The second-order valence-electron chi connectivity index (χ2n) is 15.7. The van der Waals surface area contributed by atoms with Gasteiger partial charge in [-0.25, -0.2) is 4.57 Å². The lowest BCUT2D eigenvalue weighted by Crippen LogP contribution is -2.64. The number of phosphoric acid groups is 1. The Hall–Kier alpha value is -3.27. The third-order valence-corrected chi connectivity index (χ3v) is 11.0. The van der Waals surface area contributed by atoms with Gasteiger partial charge in [0.1, 0.15) is 43.2 Å². The number of unbranched alkanes of at least 4 members (excludes halogenated alkanes) is 7. The van der Waals surface area contributed by atoms with Gasteiger partial charge in [0.05, 0.1) is 12.7 Å². The minimum atomic E-state index is -5.16. The summed E-state index contributed by atoms with van der Waals surface area (Å²) >= 11 is 0. The van der Waals surface area contributed by atoms with Crippen molar-refractivity contribution in [1.29, 1.82) is 0 Å². The van der Waals surface area contributed by atoms with Crippen LogP contribution < -0.4 is 0 Å². The second-order valence-corrected chi connectivity index (χ2v) is 17.1. The Morgan fingerprint density at radius 2 is 1.03 bits per heavy atom. The van der Waals surface area contributed by atoms with Gasteiger partial charge in [-0.15, -0.1) is 0 Å². The maximum atomic E-state index is 12.8. The van der Waals surface area contributed by atoms with Gasteiger partial charge in [-0.2, -0.15) is 0 Å². The molecule has 0 aromatic rings. The van der Waals surface area contributed by atoms with E-state index in [0.29, 0.717) is 25.7 Å². The molecule has 0 aliphatic heterocycles. The molecule has 0 spiro atoms. The first kappa shape index (κ1) is 58.7. The minimum absolute atomic E-state index is 0.0132. The molecular weight excluding hydrogens is 843 g/mol. The number of esters is 2. The van der Waals surface area contributed by atoms with E-state index in [-0.39, 0.29) is 12.8 Å². The van der Waals surface area contributed by atoms with Crippen LogP contribution in [0, 0.1) is 0 Å². The number of hydrogen-bond acceptors (Lipinski definition) is 13. The van der Waals surface area contributed by atoms with Gasteiger partial charge in [0.15, 0.2) is 6.10 Å². The van der Waals surface area contributed by atoms with E-state index >= 15 is 0 Å². The summed E-state index contributed by atoms with van der Waals surface area (Å²) in [6.07, 6.45) is 33.3. The first-order chi connectivity index (χ1) is 30.8. The van der Waals surface area contributed by atoms with E-state index < -0.39 is 81.8 Å². The molecular formula is C49H79O14P. The van der Waals surface area contributed by atoms with E-state index in [2.05, 4.69) is 86.8 Å². The lowest BCUT2D eigenvalue weighted by Gasteiger charge is -2.41. The molecule has 1 rings (SSSR count). The van der Waals surface area contributed by atoms with Crippen LogP contribution in [-0.4, -0.2) is 110 Å². The van der Waals surface area contributed by atoms with Crippen molar-refractivity contribution in [2.24, 2.45) is 0 Å². The molecule has 1 fully saturated rings. The van der Waals surface area contributed by atoms with Crippen molar-refractivity contribution in [1.82, 2.24) is 0 Å². The Balaban J connectivity index is 2.53. The van der Waals surface area contributed by atoms with Gasteiger partial charge < -0.3 is 45.0 Å². The fourth-order valence-corrected chi connectivity index (χ4v) is 7.29. The van der Waals surface area contributed by atoms with E-state index in [9.17, 15) is 49.7 Å². The third-order valence-electron chi connectivity index (χ3n) is 10.0. The molecule has 7 N–H and O–H groups in total. The number of carbonyl (C=O) groups is 2. The van der Waals surface area contributed by atoms with Crippen LogP contribution in [0.4, 0.5) is 0 Å². The molecule has 15 heteroatoms. The molecule has 364 valence electrons. The highest BCUT2D eigenvalue weighted by atomic mass is 31.2. The minimum Gasteiger partial charge on any atom is -0.462 e. The smallest absolute Gasteiger partial charge is 0.462 e. The van der Waals surface area contributed by atoms with Crippen molar-refractivity contribution < 1.29 is 68.2 Å². The molecule has 1 aliphatic carbocycles. The van der Waals surface area contributed by atoms with Crippen molar-refractivity contribution >= 4 is 19.8 Å². The van der Waals surface area contributed by atoms with Gasteiger partial charge in [0.25, 0.3) is 0 Å². The molecule has 14 nitrogen and oxygen atoms in total. The third kappa shape index (κ3) is 30.0. The number of allylic oxidation sites excluding steroid dienone is 15. The number of phosphoric ester groups is 1. The van der Waals surface area contributed by atoms with Crippen LogP contribution in [-0.2, 0) is 32.7 Å². The summed E-state index contributed by atoms with van der Waals surface area (Å²) in [6.45, 7) is 2.93. The highest BCUT2D eigenvalue weighted by Gasteiger charge is 2.51. The van der Waals surface area contributed by atoms with Crippen molar-refractivity contribution in [3.8, 4) is 0 Å². The van der Waals surface area contributed by atoms with Gasteiger partial charge in [-0.05, 0) is 77.0 Å². The Labute approximate surface area is 382 Å². The van der Waals surface area contributed by atoms with Crippen molar-refractivity contribution in [3.05, 3.63) is 97.2 Å². The summed E-state index contributed by atoms with van der Waals surface area (Å²) in [5.74, 6) is -1.23. The molecule has 4 unspecified atom stereocenters. The first-order valence-corrected chi connectivity index (χ1v) is 24.6. The summed E-state index contributed by atoms with van der Waals surface area (Å²) in [5, 5.41) is 60.3. The Kier molecular flexibility index (Phi) is 34.8.